The van der Waals surface area contributed by atoms with E-state index in [9.17, 15) is 29.4 Å². The standard InChI is InChI=1S/C32H48N2O6/c35-27(33-31-13-21-3-22(14-31)5-23(4-21)15-31)9-19(11-29(37)38)1-2-20(12-30(39)40)10-28(36)34-32-16-24-6-25(17-32)8-26(7-24)18-32/h19-26H,1-18H2,(H,33,35)(H,34,36)(H,37,38)(H,39,40). The van der Waals surface area contributed by atoms with E-state index in [4.69, 9.17) is 0 Å². The molecular formula is C32H48N2O6. The molecular weight excluding hydrogens is 508 g/mol. The third kappa shape index (κ3) is 6.35. The van der Waals surface area contributed by atoms with Gasteiger partial charge in [0.25, 0.3) is 0 Å². The van der Waals surface area contributed by atoms with Crippen molar-refractivity contribution < 1.29 is 29.4 Å². The molecule has 0 aliphatic heterocycles. The van der Waals surface area contributed by atoms with Gasteiger partial charge in [-0.3, -0.25) is 19.2 Å². The largest absolute Gasteiger partial charge is 0.481 e. The third-order valence-electron chi connectivity index (χ3n) is 11.7. The molecule has 8 saturated carbocycles. The summed E-state index contributed by atoms with van der Waals surface area (Å²) in [4.78, 5) is 49.7. The van der Waals surface area contributed by atoms with Gasteiger partial charge in [0.1, 0.15) is 0 Å². The van der Waals surface area contributed by atoms with Crippen molar-refractivity contribution in [1.82, 2.24) is 10.6 Å². The maximum Gasteiger partial charge on any atom is 0.303 e. The number of rotatable bonds is 13. The first-order chi connectivity index (χ1) is 19.0. The van der Waals surface area contributed by atoms with E-state index in [-0.39, 0.29) is 60.4 Å². The Morgan fingerprint density at radius 1 is 0.525 bits per heavy atom. The van der Waals surface area contributed by atoms with Gasteiger partial charge in [-0.2, -0.15) is 0 Å². The van der Waals surface area contributed by atoms with E-state index in [2.05, 4.69) is 10.6 Å². The van der Waals surface area contributed by atoms with Crippen LogP contribution in [0.4, 0.5) is 0 Å². The molecule has 2 amide bonds. The Morgan fingerprint density at radius 3 is 1.05 bits per heavy atom. The number of hydrogen-bond acceptors (Lipinski definition) is 4. The molecule has 222 valence electrons. The highest BCUT2D eigenvalue weighted by Gasteiger charge is 2.52. The summed E-state index contributed by atoms with van der Waals surface area (Å²) in [5.74, 6) is 1.51. The minimum absolute atomic E-state index is 0.0671. The van der Waals surface area contributed by atoms with E-state index in [0.29, 0.717) is 48.3 Å². The Balaban J connectivity index is 1.03. The van der Waals surface area contributed by atoms with Crippen LogP contribution in [0.3, 0.4) is 0 Å². The first-order valence-electron chi connectivity index (χ1n) is 16.1. The van der Waals surface area contributed by atoms with Crippen molar-refractivity contribution in [2.75, 3.05) is 0 Å². The van der Waals surface area contributed by atoms with Gasteiger partial charge in [-0.05, 0) is 137 Å². The van der Waals surface area contributed by atoms with E-state index in [0.717, 1.165) is 38.5 Å². The maximum atomic E-state index is 13.2. The molecule has 8 aliphatic carbocycles. The summed E-state index contributed by atoms with van der Waals surface area (Å²) in [5, 5.41) is 25.8. The monoisotopic (exact) mass is 556 g/mol. The molecule has 8 heteroatoms. The fourth-order valence-electron chi connectivity index (χ4n) is 11.3. The van der Waals surface area contributed by atoms with Crippen molar-refractivity contribution >= 4 is 23.8 Å². The van der Waals surface area contributed by atoms with Crippen molar-refractivity contribution in [1.29, 1.82) is 0 Å². The number of carboxylic acid groups (broad SMARTS) is 2. The highest BCUT2D eigenvalue weighted by atomic mass is 16.4. The highest BCUT2D eigenvalue weighted by Crippen LogP contribution is 2.56. The summed E-state index contributed by atoms with van der Waals surface area (Å²) in [6.07, 6.45) is 15.0. The molecule has 2 unspecified atom stereocenters. The molecule has 8 bridgehead atoms. The van der Waals surface area contributed by atoms with Crippen LogP contribution in [0.25, 0.3) is 0 Å². The van der Waals surface area contributed by atoms with E-state index >= 15 is 0 Å². The molecule has 40 heavy (non-hydrogen) atoms. The first-order valence-corrected chi connectivity index (χ1v) is 16.1. The number of aliphatic carboxylic acids is 2. The zero-order valence-electron chi connectivity index (χ0n) is 23.9. The van der Waals surface area contributed by atoms with Gasteiger partial charge in [-0.15, -0.1) is 0 Å². The fraction of sp³-hybridized carbons (Fsp3) is 0.875. The van der Waals surface area contributed by atoms with Crippen molar-refractivity contribution in [3.8, 4) is 0 Å². The van der Waals surface area contributed by atoms with Gasteiger partial charge in [0.05, 0.1) is 0 Å². The number of carbonyl (C=O) groups is 4. The van der Waals surface area contributed by atoms with Gasteiger partial charge in [0, 0.05) is 36.8 Å². The van der Waals surface area contributed by atoms with Gasteiger partial charge < -0.3 is 20.8 Å². The normalized spacial score (nSPS) is 40.0. The van der Waals surface area contributed by atoms with Crippen molar-refractivity contribution in [3.63, 3.8) is 0 Å². The summed E-state index contributed by atoms with van der Waals surface area (Å²) in [6.45, 7) is 0. The maximum absolute atomic E-state index is 13.2. The predicted octanol–water partition coefficient (Wildman–Crippen LogP) is 4.90. The van der Waals surface area contributed by atoms with Crippen LogP contribution in [0.15, 0.2) is 0 Å². The van der Waals surface area contributed by atoms with Crippen LogP contribution in [0, 0.1) is 47.3 Å². The molecule has 0 aromatic heterocycles. The van der Waals surface area contributed by atoms with Crippen LogP contribution in [0.2, 0.25) is 0 Å². The SMILES string of the molecule is O=C(O)CC(CCC(CC(=O)O)CC(=O)NC12CC3CC(CC(C3)C1)C2)CC(=O)NC12CC3CC(CC(C3)C1)C2. The lowest BCUT2D eigenvalue weighted by Crippen LogP contribution is -2.60. The summed E-state index contributed by atoms with van der Waals surface area (Å²) in [5.41, 5.74) is -0.221. The predicted molar refractivity (Wildman–Crippen MR) is 148 cm³/mol. The number of hydrogen-bond donors (Lipinski definition) is 4. The first kappa shape index (κ1) is 28.0. The van der Waals surface area contributed by atoms with E-state index < -0.39 is 11.9 Å². The van der Waals surface area contributed by atoms with Crippen molar-refractivity contribution in [2.45, 2.75) is 127 Å². The molecule has 8 fully saturated rings. The summed E-state index contributed by atoms with van der Waals surface area (Å²) in [6, 6.07) is 0. The van der Waals surface area contributed by atoms with Gasteiger partial charge in [0.2, 0.25) is 11.8 Å². The molecule has 8 rings (SSSR count). The van der Waals surface area contributed by atoms with Gasteiger partial charge in [-0.25, -0.2) is 0 Å². The Morgan fingerprint density at radius 2 is 0.800 bits per heavy atom. The van der Waals surface area contributed by atoms with Crippen LogP contribution in [0.1, 0.15) is 116 Å². The smallest absolute Gasteiger partial charge is 0.303 e. The topological polar surface area (TPSA) is 133 Å². The van der Waals surface area contributed by atoms with Crippen LogP contribution in [-0.2, 0) is 19.2 Å². The van der Waals surface area contributed by atoms with Gasteiger partial charge in [-0.1, -0.05) is 0 Å². The molecule has 0 aromatic rings. The quantitative estimate of drug-likeness (QED) is 0.255. The molecule has 4 N–H and O–H groups in total. The second kappa shape index (κ2) is 10.9. The van der Waals surface area contributed by atoms with Crippen molar-refractivity contribution in [3.05, 3.63) is 0 Å². The summed E-state index contributed by atoms with van der Waals surface area (Å²) < 4.78 is 0. The molecule has 0 radical (unpaired) electrons. The lowest BCUT2D eigenvalue weighted by atomic mass is 9.53. The Bertz CT molecular complexity index is 872. The Hall–Kier alpha value is -2.12. The summed E-state index contributed by atoms with van der Waals surface area (Å²) in [7, 11) is 0. The lowest BCUT2D eigenvalue weighted by Gasteiger charge is -2.57. The van der Waals surface area contributed by atoms with Crippen LogP contribution in [0.5, 0.6) is 0 Å². The molecule has 0 heterocycles. The van der Waals surface area contributed by atoms with E-state index in [1.165, 1.54) is 38.5 Å². The molecule has 0 saturated heterocycles. The van der Waals surface area contributed by atoms with E-state index in [1.807, 2.05) is 0 Å². The second-order valence-electron chi connectivity index (χ2n) is 15.4. The minimum atomic E-state index is -0.943. The highest BCUT2D eigenvalue weighted by molar-refractivity contribution is 5.79. The summed E-state index contributed by atoms with van der Waals surface area (Å²) >= 11 is 0. The van der Waals surface area contributed by atoms with Gasteiger partial charge >= 0.3 is 11.9 Å². The number of amides is 2. The minimum Gasteiger partial charge on any atom is -0.481 e. The number of nitrogens with one attached hydrogen (secondary N) is 2. The van der Waals surface area contributed by atoms with Crippen LogP contribution < -0.4 is 10.6 Å². The number of carbonyl (C=O) groups excluding carboxylic acids is 2. The second-order valence-corrected chi connectivity index (χ2v) is 15.4. The van der Waals surface area contributed by atoms with Crippen LogP contribution >= 0.6 is 0 Å². The van der Waals surface area contributed by atoms with E-state index in [1.54, 1.807) is 0 Å². The zero-order valence-corrected chi connectivity index (χ0v) is 23.9. The fourth-order valence-corrected chi connectivity index (χ4v) is 11.3. The molecule has 0 spiro atoms. The molecule has 2 atom stereocenters. The number of carboxylic acids is 2. The van der Waals surface area contributed by atoms with Crippen LogP contribution in [-0.4, -0.2) is 45.0 Å². The Labute approximate surface area is 237 Å². The van der Waals surface area contributed by atoms with Gasteiger partial charge in [0.15, 0.2) is 0 Å². The molecule has 8 nitrogen and oxygen atoms in total. The molecule has 8 aliphatic rings. The average molecular weight is 557 g/mol. The van der Waals surface area contributed by atoms with Crippen molar-refractivity contribution in [2.24, 2.45) is 47.3 Å². The average Bonchev–Trinajstić information content (AvgIpc) is 2.79. The lowest BCUT2D eigenvalue weighted by molar-refractivity contribution is -0.140. The zero-order chi connectivity index (χ0) is 28.1. The molecule has 0 aromatic carbocycles. The third-order valence-corrected chi connectivity index (χ3v) is 11.7. The Kier molecular flexibility index (Phi) is 7.66.